The molecule has 24 nitrogen and oxygen atoms in total. The molecule has 131 heavy (non-hydrogen) atoms. The van der Waals surface area contributed by atoms with Gasteiger partial charge in [-0.3, -0.25) is 4.79 Å². The van der Waals surface area contributed by atoms with Crippen LogP contribution in [0, 0.1) is 6.92 Å². The molecule has 12 aromatic carbocycles. The molecule has 0 spiro atoms. The number of esters is 1. The number of hydrogen-bond donors (Lipinski definition) is 4. The van der Waals surface area contributed by atoms with Gasteiger partial charge in [0.1, 0.15) is 134 Å². The standard InChI is InChI=1S/C27H23NO7.C27H25NO4.C25H21NO5.C25H21NO4.3CH4/c1-32-27(31)23-12-9-18(13-25(23)35-17-26(29)30)15-33-21-6-4-7-22(14-21)34-16-20-11-10-19-5-2-3-8-24(19)28-20;1-19-7-5-9-22(27(19)32-16-20(2)29)17-30-24-10-6-11-25(15-24)31-18-23-14-13-21-8-3-4-12-26(21)28-23;27-25(28)17-31-21-7-3-5-18(13-21)15-29-22-8-4-9-23(14-22)30-16-20-12-11-19-6-1-2-10-24(19)26-20;27-25(28)15-19-6-1-2-7-20(19)16-29-22-11-13-23(14-12-22)30-17-21-10-9-18-5-3-4-8-24(18)26-21;;;/h2-14H,15-17H2,1H3,(H,29,30);3-15,29H,2,16-18H2,1H3;1-14H,15-17H2,(H,27,28);1-14H,15-17H2,(H,27,28);3*1H4. The third-order valence-corrected chi connectivity index (χ3v) is 19.2. The van der Waals surface area contributed by atoms with Crippen molar-refractivity contribution in [3.05, 3.63) is 402 Å². The van der Waals surface area contributed by atoms with Gasteiger partial charge in [-0.2, -0.15) is 0 Å². The third kappa shape index (κ3) is 30.1. The van der Waals surface area contributed by atoms with Crippen molar-refractivity contribution in [2.24, 2.45) is 0 Å². The van der Waals surface area contributed by atoms with Crippen LogP contribution in [-0.2, 0) is 78.4 Å². The highest BCUT2D eigenvalue weighted by Crippen LogP contribution is 2.31. The third-order valence-electron chi connectivity index (χ3n) is 19.2. The Labute approximate surface area is 760 Å². The molecule has 4 heterocycles. The zero-order valence-electron chi connectivity index (χ0n) is 70.0. The minimum Gasteiger partial charge on any atom is -0.509 e. The summed E-state index contributed by atoms with van der Waals surface area (Å²) in [6.07, 6.45) is -0.0187. The van der Waals surface area contributed by atoms with E-state index in [4.69, 9.17) is 72.2 Å². The maximum Gasteiger partial charge on any atom is 0.341 e. The van der Waals surface area contributed by atoms with Crippen molar-refractivity contribution in [2.75, 3.05) is 26.9 Å². The van der Waals surface area contributed by atoms with E-state index in [1.165, 1.54) is 13.2 Å². The molecule has 0 unspecified atom stereocenters. The molecule has 0 aliphatic rings. The van der Waals surface area contributed by atoms with E-state index in [0.717, 1.165) is 100.0 Å². The summed E-state index contributed by atoms with van der Waals surface area (Å²) in [7, 11) is 1.24. The fourth-order valence-electron chi connectivity index (χ4n) is 12.9. The second-order valence-corrected chi connectivity index (χ2v) is 28.8. The molecule has 0 saturated heterocycles. The summed E-state index contributed by atoms with van der Waals surface area (Å²) in [4.78, 5) is 62.9. The number of aliphatic carboxylic acids is 3. The summed E-state index contributed by atoms with van der Waals surface area (Å²) in [6.45, 7) is 7.05. The molecular formula is C107H102N4O20. The SMILES string of the molecule is C.C.C.C=C(O)COc1c(C)cccc1COc1cccc(OCc2ccc3ccccc3n2)c1.COC(=O)c1ccc(COc2cccc(OCc3ccc4ccccc4n3)c2)cc1OCC(=O)O.O=C(O)COc1cccc(COc2cccc(OCc3ccc4ccccc4n3)c2)c1.O=C(O)Cc1ccccc1COc1ccc(OCc2ccc3ccccc3n2)cc1. The first-order valence-electron chi connectivity index (χ1n) is 40.6. The monoisotopic (exact) mass is 1760 g/mol. The summed E-state index contributed by atoms with van der Waals surface area (Å²) in [6, 6.07) is 103. The van der Waals surface area contributed by atoms with Crippen molar-refractivity contribution in [3.8, 4) is 63.2 Å². The van der Waals surface area contributed by atoms with Crippen molar-refractivity contribution in [1.82, 2.24) is 19.9 Å². The number of benzene rings is 12. The van der Waals surface area contributed by atoms with Crippen LogP contribution in [0.25, 0.3) is 43.6 Å². The Morgan fingerprint density at radius 2 is 0.634 bits per heavy atom. The van der Waals surface area contributed by atoms with Gasteiger partial charge in [-0.15, -0.1) is 0 Å². The van der Waals surface area contributed by atoms with Crippen molar-refractivity contribution in [1.29, 1.82) is 0 Å². The molecule has 0 radical (unpaired) electrons. The van der Waals surface area contributed by atoms with Crippen molar-refractivity contribution in [3.63, 3.8) is 0 Å². The zero-order chi connectivity index (χ0) is 89.2. The Kier molecular flexibility index (Phi) is 36.5. The Morgan fingerprint density at radius 3 is 1.05 bits per heavy atom. The number of aryl methyl sites for hydroxylation is 1. The van der Waals surface area contributed by atoms with E-state index in [9.17, 15) is 24.3 Å². The van der Waals surface area contributed by atoms with Crippen molar-refractivity contribution >= 4 is 67.5 Å². The van der Waals surface area contributed by atoms with Gasteiger partial charge in [0, 0.05) is 45.3 Å². The van der Waals surface area contributed by atoms with Crippen LogP contribution < -0.4 is 52.1 Å². The molecule has 16 aromatic rings. The Balaban J connectivity index is 0.000000180. The maximum atomic E-state index is 11.9. The van der Waals surface area contributed by atoms with E-state index in [2.05, 4.69) is 26.5 Å². The van der Waals surface area contributed by atoms with Crippen LogP contribution >= 0.6 is 0 Å². The van der Waals surface area contributed by atoms with E-state index in [1.54, 1.807) is 42.5 Å². The molecule has 24 heteroatoms. The minimum absolute atomic E-state index is 0. The quantitative estimate of drug-likeness (QED) is 0.0209. The number of fused-ring (bicyclic) bond motifs is 4. The molecular weight excluding hydrogens is 1660 g/mol. The highest BCUT2D eigenvalue weighted by atomic mass is 16.5. The van der Waals surface area contributed by atoms with Crippen LogP contribution in [0.3, 0.4) is 0 Å². The molecule has 0 fully saturated rings. The number of methoxy groups -OCH3 is 1. The number of para-hydroxylation sites is 5. The first-order chi connectivity index (χ1) is 62.4. The number of aliphatic hydroxyl groups excluding tert-OH is 1. The predicted octanol–water partition coefficient (Wildman–Crippen LogP) is 22.6. The van der Waals surface area contributed by atoms with E-state index in [0.29, 0.717) is 104 Å². The topological polar surface area (TPSA) is 312 Å². The smallest absolute Gasteiger partial charge is 0.341 e. The van der Waals surface area contributed by atoms with Gasteiger partial charge in [0.05, 0.1) is 58.4 Å². The lowest BCUT2D eigenvalue weighted by molar-refractivity contribution is -0.140. The van der Waals surface area contributed by atoms with Gasteiger partial charge in [0.25, 0.3) is 0 Å². The summed E-state index contributed by atoms with van der Waals surface area (Å²) >= 11 is 0. The highest BCUT2D eigenvalue weighted by Gasteiger charge is 2.18. The molecule has 16 rings (SSSR count). The van der Waals surface area contributed by atoms with Gasteiger partial charge in [-0.1, -0.05) is 205 Å². The fraction of sp³-hybridized carbons (Fsp3) is 0.159. The number of aliphatic hydroxyl groups is 1. The lowest BCUT2D eigenvalue weighted by atomic mass is 10.1. The first kappa shape index (κ1) is 96.7. The lowest BCUT2D eigenvalue weighted by Crippen LogP contribution is -2.13. The maximum absolute atomic E-state index is 11.9. The van der Waals surface area contributed by atoms with Crippen molar-refractivity contribution in [2.45, 2.75) is 88.5 Å². The Hall–Kier alpha value is -16.5. The minimum atomic E-state index is -1.15. The predicted molar refractivity (Wildman–Crippen MR) is 504 cm³/mol. The van der Waals surface area contributed by atoms with Crippen LogP contribution in [-0.4, -0.2) is 91.2 Å². The second-order valence-electron chi connectivity index (χ2n) is 28.8. The molecule has 0 amide bonds. The van der Waals surface area contributed by atoms with Gasteiger partial charge < -0.3 is 77.3 Å². The van der Waals surface area contributed by atoms with Crippen molar-refractivity contribution < 1.29 is 96.4 Å². The molecule has 0 atom stereocenters. The van der Waals surface area contributed by atoms with Crippen LogP contribution in [0.4, 0.5) is 0 Å². The van der Waals surface area contributed by atoms with Gasteiger partial charge in [-0.05, 0) is 168 Å². The summed E-state index contributed by atoms with van der Waals surface area (Å²) in [5.41, 5.74) is 12.3. The number of ether oxygens (including phenoxy) is 12. The fourth-order valence-corrected chi connectivity index (χ4v) is 12.9. The molecule has 670 valence electrons. The normalized spacial score (nSPS) is 10.4. The molecule has 0 aliphatic carbocycles. The summed E-state index contributed by atoms with van der Waals surface area (Å²) in [5, 5.41) is 40.4. The summed E-state index contributed by atoms with van der Waals surface area (Å²) < 4.78 is 68.0. The largest absolute Gasteiger partial charge is 0.509 e. The highest BCUT2D eigenvalue weighted by molar-refractivity contribution is 5.93. The number of carbonyl (C=O) groups is 4. The Bertz CT molecular complexity index is 6490. The van der Waals surface area contributed by atoms with Crippen LogP contribution in [0.2, 0.25) is 0 Å². The molecule has 0 bridgehead atoms. The van der Waals surface area contributed by atoms with Gasteiger partial charge in [-0.25, -0.2) is 34.3 Å². The van der Waals surface area contributed by atoms with E-state index in [-0.39, 0.29) is 65.6 Å². The number of nitrogens with zero attached hydrogens (tertiary/aromatic N) is 4. The van der Waals surface area contributed by atoms with Crippen LogP contribution in [0.5, 0.6) is 63.2 Å². The molecule has 4 N–H and O–H groups in total. The van der Waals surface area contributed by atoms with Crippen LogP contribution in [0.15, 0.2) is 340 Å². The number of carbonyl (C=O) groups excluding carboxylic acids is 1. The molecule has 0 aliphatic heterocycles. The number of carboxylic acid groups (broad SMARTS) is 3. The zero-order valence-corrected chi connectivity index (χ0v) is 70.0. The molecule has 4 aromatic heterocycles. The second kappa shape index (κ2) is 49.4. The number of aromatic nitrogens is 4. The average molecular weight is 1760 g/mol. The van der Waals surface area contributed by atoms with Gasteiger partial charge in [0.15, 0.2) is 13.2 Å². The number of pyridine rings is 4. The number of hydrogen-bond acceptors (Lipinski definition) is 21. The van der Waals surface area contributed by atoms with E-state index < -0.39 is 30.5 Å². The Morgan fingerprint density at radius 1 is 0.290 bits per heavy atom. The average Bonchev–Trinajstić information content (AvgIpc) is 0.820. The molecule has 0 saturated carbocycles. The number of rotatable bonds is 36. The first-order valence-corrected chi connectivity index (χ1v) is 40.6. The lowest BCUT2D eigenvalue weighted by Gasteiger charge is -2.15. The summed E-state index contributed by atoms with van der Waals surface area (Å²) in [5.74, 6) is 2.99. The van der Waals surface area contributed by atoms with Gasteiger partial charge in [0.2, 0.25) is 0 Å². The van der Waals surface area contributed by atoms with E-state index >= 15 is 0 Å². The van der Waals surface area contributed by atoms with E-state index in [1.807, 2.05) is 286 Å². The van der Waals surface area contributed by atoms with Crippen LogP contribution in [0.1, 0.15) is 88.8 Å². The van der Waals surface area contributed by atoms with Gasteiger partial charge >= 0.3 is 23.9 Å². The number of carboxylic acids is 3.